The largest absolute Gasteiger partial charge is 0.464 e. The molecule has 1 atom stereocenters. The van der Waals surface area contributed by atoms with Crippen molar-refractivity contribution in [3.05, 3.63) is 54.0 Å². The third-order valence-electron chi connectivity index (χ3n) is 6.44. The van der Waals surface area contributed by atoms with Gasteiger partial charge in [-0.1, -0.05) is 32.0 Å². The molecule has 36 heavy (non-hydrogen) atoms. The van der Waals surface area contributed by atoms with Gasteiger partial charge in [0.1, 0.15) is 5.65 Å². The summed E-state index contributed by atoms with van der Waals surface area (Å²) in [5.74, 6) is -0.313. The molecule has 8 nitrogen and oxygen atoms in total. The summed E-state index contributed by atoms with van der Waals surface area (Å²) < 4.78 is 6.93. The molecule has 3 N–H and O–H groups in total. The highest BCUT2D eigenvalue weighted by atomic mass is 16.5. The Morgan fingerprint density at radius 3 is 2.64 bits per heavy atom. The molecule has 0 fully saturated rings. The minimum absolute atomic E-state index is 0.185. The fraction of sp³-hybridized carbons (Fsp3) is 0.393. The van der Waals surface area contributed by atoms with Gasteiger partial charge in [-0.15, -0.1) is 0 Å². The van der Waals surface area contributed by atoms with E-state index in [1.165, 1.54) is 25.0 Å². The smallest absolute Gasteiger partial charge is 0.356 e. The number of H-pyrrole nitrogens is 1. The molecule has 0 unspecified atom stereocenters. The standard InChI is InChI=1S/C28H35N5O3/c1-17(2)12-13-33-26(28(35)36-5)25(32-19(4)34)23-14-21(16-30-27(23)33)31-18(3)10-11-20-15-29-24-9-7-6-8-22(20)24/h6-9,14-18,29,31H,10-13H2,1-5H3,(H,32,34)/t18-/m0/s1. The number of fused-ring (bicyclic) bond motifs is 2. The molecule has 0 aliphatic carbocycles. The van der Waals surface area contributed by atoms with E-state index in [1.54, 1.807) is 6.20 Å². The number of aromatic nitrogens is 3. The summed E-state index contributed by atoms with van der Waals surface area (Å²) in [6.45, 7) is 8.43. The number of hydrogen-bond acceptors (Lipinski definition) is 5. The second kappa shape index (κ2) is 10.8. The van der Waals surface area contributed by atoms with Crippen molar-refractivity contribution in [2.24, 2.45) is 5.92 Å². The van der Waals surface area contributed by atoms with Crippen molar-refractivity contribution in [3.8, 4) is 0 Å². The van der Waals surface area contributed by atoms with E-state index in [2.05, 4.69) is 60.8 Å². The SMILES string of the molecule is COC(=O)c1c(NC(C)=O)c2cc(N[C@@H](C)CCc3c[nH]c4ccccc34)cnc2n1CCC(C)C. The molecule has 8 heteroatoms. The first-order valence-electron chi connectivity index (χ1n) is 12.5. The monoisotopic (exact) mass is 489 g/mol. The van der Waals surface area contributed by atoms with Gasteiger partial charge >= 0.3 is 5.97 Å². The first-order chi connectivity index (χ1) is 17.3. The number of benzene rings is 1. The van der Waals surface area contributed by atoms with Gasteiger partial charge in [0.2, 0.25) is 5.91 Å². The maximum Gasteiger partial charge on any atom is 0.356 e. The number of aryl methyl sites for hydroxylation is 2. The van der Waals surface area contributed by atoms with Crippen LogP contribution in [-0.2, 0) is 22.5 Å². The van der Waals surface area contributed by atoms with Gasteiger partial charge < -0.3 is 24.9 Å². The Labute approximate surface area is 211 Å². The van der Waals surface area contributed by atoms with E-state index in [0.717, 1.165) is 30.5 Å². The van der Waals surface area contributed by atoms with Crippen molar-refractivity contribution in [1.82, 2.24) is 14.5 Å². The number of hydrogen-bond donors (Lipinski definition) is 3. The van der Waals surface area contributed by atoms with Crippen molar-refractivity contribution >= 4 is 45.2 Å². The van der Waals surface area contributed by atoms with Crippen molar-refractivity contribution in [2.75, 3.05) is 17.7 Å². The molecule has 3 aromatic heterocycles. The van der Waals surface area contributed by atoms with Crippen LogP contribution in [0, 0.1) is 5.92 Å². The Morgan fingerprint density at radius 2 is 1.92 bits per heavy atom. The van der Waals surface area contributed by atoms with E-state index < -0.39 is 5.97 Å². The molecule has 0 saturated heterocycles. The molecule has 1 amide bonds. The normalized spacial score (nSPS) is 12.3. The molecule has 0 aliphatic heterocycles. The molecule has 0 saturated carbocycles. The van der Waals surface area contributed by atoms with Gasteiger partial charge in [0.05, 0.1) is 24.7 Å². The second-order valence-corrected chi connectivity index (χ2v) is 9.77. The lowest BCUT2D eigenvalue weighted by Crippen LogP contribution is -2.16. The molecule has 190 valence electrons. The van der Waals surface area contributed by atoms with Gasteiger partial charge in [0, 0.05) is 42.0 Å². The van der Waals surface area contributed by atoms with E-state index in [9.17, 15) is 9.59 Å². The topological polar surface area (TPSA) is 101 Å². The molecule has 3 heterocycles. The summed E-state index contributed by atoms with van der Waals surface area (Å²) in [7, 11) is 1.35. The van der Waals surface area contributed by atoms with Gasteiger partial charge in [0.25, 0.3) is 0 Å². The third kappa shape index (κ3) is 5.37. The quantitative estimate of drug-likeness (QED) is 0.247. The van der Waals surface area contributed by atoms with Crippen molar-refractivity contribution in [2.45, 2.75) is 59.5 Å². The number of carbonyl (C=O) groups is 2. The van der Waals surface area contributed by atoms with Crippen LogP contribution in [0.4, 0.5) is 11.4 Å². The average Bonchev–Trinajstić information content (AvgIpc) is 3.39. The molecule has 1 aromatic carbocycles. The van der Waals surface area contributed by atoms with Crippen LogP contribution in [0.5, 0.6) is 0 Å². The van der Waals surface area contributed by atoms with Crippen LogP contribution >= 0.6 is 0 Å². The molecule has 4 rings (SSSR count). The van der Waals surface area contributed by atoms with Crippen molar-refractivity contribution in [3.63, 3.8) is 0 Å². The molecular formula is C28H35N5O3. The third-order valence-corrected chi connectivity index (χ3v) is 6.44. The van der Waals surface area contributed by atoms with E-state index in [4.69, 9.17) is 9.72 Å². The Kier molecular flexibility index (Phi) is 7.62. The number of aromatic amines is 1. The number of esters is 1. The number of ether oxygens (including phenoxy) is 1. The second-order valence-electron chi connectivity index (χ2n) is 9.77. The van der Waals surface area contributed by atoms with Crippen LogP contribution in [0.1, 0.15) is 56.6 Å². The van der Waals surface area contributed by atoms with Crippen LogP contribution in [-0.4, -0.2) is 39.6 Å². The van der Waals surface area contributed by atoms with Gasteiger partial charge in [-0.3, -0.25) is 4.79 Å². The predicted molar refractivity (Wildman–Crippen MR) is 145 cm³/mol. The number of rotatable bonds is 10. The van der Waals surface area contributed by atoms with E-state index in [1.807, 2.05) is 16.7 Å². The fourth-order valence-electron chi connectivity index (χ4n) is 4.59. The molecular weight excluding hydrogens is 454 g/mol. The zero-order valence-electron chi connectivity index (χ0n) is 21.6. The van der Waals surface area contributed by atoms with E-state index in [0.29, 0.717) is 34.9 Å². The lowest BCUT2D eigenvalue weighted by Gasteiger charge is -2.15. The summed E-state index contributed by atoms with van der Waals surface area (Å²) in [6, 6.07) is 10.5. The maximum absolute atomic E-state index is 12.8. The molecule has 0 bridgehead atoms. The molecule has 4 aromatic rings. The highest BCUT2D eigenvalue weighted by Gasteiger charge is 2.25. The summed E-state index contributed by atoms with van der Waals surface area (Å²) in [5, 5.41) is 8.35. The number of amides is 1. The first-order valence-corrected chi connectivity index (χ1v) is 12.5. The predicted octanol–water partition coefficient (Wildman–Crippen LogP) is 5.74. The van der Waals surface area contributed by atoms with Gasteiger partial charge in [-0.05, 0) is 49.8 Å². The summed E-state index contributed by atoms with van der Waals surface area (Å²) >= 11 is 0. The Balaban J connectivity index is 1.61. The maximum atomic E-state index is 12.8. The molecule has 0 radical (unpaired) electrons. The summed E-state index contributed by atoms with van der Waals surface area (Å²) in [5.41, 5.74) is 4.69. The zero-order valence-corrected chi connectivity index (χ0v) is 21.6. The number of anilines is 2. The number of carbonyl (C=O) groups excluding carboxylic acids is 2. The van der Waals surface area contributed by atoms with Crippen LogP contribution in [0.15, 0.2) is 42.7 Å². The van der Waals surface area contributed by atoms with E-state index >= 15 is 0 Å². The van der Waals surface area contributed by atoms with Crippen LogP contribution < -0.4 is 10.6 Å². The minimum atomic E-state index is -0.498. The van der Waals surface area contributed by atoms with Crippen molar-refractivity contribution < 1.29 is 14.3 Å². The summed E-state index contributed by atoms with van der Waals surface area (Å²) in [4.78, 5) is 32.8. The van der Waals surface area contributed by atoms with Gasteiger partial charge in [0.15, 0.2) is 5.69 Å². The fourth-order valence-corrected chi connectivity index (χ4v) is 4.59. The average molecular weight is 490 g/mol. The number of methoxy groups -OCH3 is 1. The van der Waals surface area contributed by atoms with Crippen molar-refractivity contribution in [1.29, 1.82) is 0 Å². The Hall–Kier alpha value is -3.81. The van der Waals surface area contributed by atoms with Crippen LogP contribution in [0.3, 0.4) is 0 Å². The van der Waals surface area contributed by atoms with Crippen LogP contribution in [0.2, 0.25) is 0 Å². The Bertz CT molecular complexity index is 1380. The lowest BCUT2D eigenvalue weighted by atomic mass is 10.1. The Morgan fingerprint density at radius 1 is 1.14 bits per heavy atom. The van der Waals surface area contributed by atoms with Crippen LogP contribution in [0.25, 0.3) is 21.9 Å². The number of nitrogens with one attached hydrogen (secondary N) is 3. The van der Waals surface area contributed by atoms with Gasteiger partial charge in [-0.2, -0.15) is 0 Å². The van der Waals surface area contributed by atoms with E-state index in [-0.39, 0.29) is 11.9 Å². The number of nitrogens with zero attached hydrogens (tertiary/aromatic N) is 2. The highest BCUT2D eigenvalue weighted by Crippen LogP contribution is 2.33. The highest BCUT2D eigenvalue weighted by molar-refractivity contribution is 6.11. The van der Waals surface area contributed by atoms with Gasteiger partial charge in [-0.25, -0.2) is 9.78 Å². The molecule has 0 aliphatic rings. The lowest BCUT2D eigenvalue weighted by molar-refractivity contribution is -0.114. The number of para-hydroxylation sites is 1. The molecule has 0 spiro atoms. The minimum Gasteiger partial charge on any atom is -0.464 e. The zero-order chi connectivity index (χ0) is 25.8. The first kappa shape index (κ1) is 25.3. The summed E-state index contributed by atoms with van der Waals surface area (Å²) in [6.07, 6.45) is 6.60. The number of pyridine rings is 1.